The standard InChI is InChI=1S/C8H7BrClF3N2/c9-4-1-3(2-5(10)6(4)14)7(15)8(11,12)13/h1-2,7H,14-15H2. The second kappa shape index (κ2) is 4.19. The molecule has 0 saturated carbocycles. The fourth-order valence-electron chi connectivity index (χ4n) is 0.972. The first-order chi connectivity index (χ1) is 6.73. The lowest BCUT2D eigenvalue weighted by molar-refractivity contribution is -0.149. The minimum Gasteiger partial charge on any atom is -0.397 e. The van der Waals surface area contributed by atoms with Crippen molar-refractivity contribution >= 4 is 33.2 Å². The summed E-state index contributed by atoms with van der Waals surface area (Å²) >= 11 is 8.63. The van der Waals surface area contributed by atoms with E-state index in [4.69, 9.17) is 23.1 Å². The van der Waals surface area contributed by atoms with Gasteiger partial charge in [-0.15, -0.1) is 0 Å². The molecule has 7 heteroatoms. The first-order valence-electron chi connectivity index (χ1n) is 3.80. The SMILES string of the molecule is Nc1c(Cl)cc(C(N)C(F)(F)F)cc1Br. The molecule has 0 bridgehead atoms. The van der Waals surface area contributed by atoms with Gasteiger partial charge in [-0.25, -0.2) is 0 Å². The van der Waals surface area contributed by atoms with Gasteiger partial charge in [0.1, 0.15) is 6.04 Å². The van der Waals surface area contributed by atoms with E-state index < -0.39 is 12.2 Å². The quantitative estimate of drug-likeness (QED) is 0.783. The Bertz CT molecular complexity index is 358. The summed E-state index contributed by atoms with van der Waals surface area (Å²) in [6, 6.07) is 0.256. The average Bonchev–Trinajstić information content (AvgIpc) is 2.10. The maximum absolute atomic E-state index is 12.3. The summed E-state index contributed by atoms with van der Waals surface area (Å²) in [5.41, 5.74) is 10.5. The Balaban J connectivity index is 3.17. The van der Waals surface area contributed by atoms with E-state index in [1.165, 1.54) is 6.07 Å². The van der Waals surface area contributed by atoms with Crippen molar-refractivity contribution in [3.05, 3.63) is 27.2 Å². The molecule has 0 saturated heterocycles. The molecule has 1 rings (SSSR count). The van der Waals surface area contributed by atoms with Crippen molar-refractivity contribution in [3.8, 4) is 0 Å². The minimum absolute atomic E-state index is 0.0408. The van der Waals surface area contributed by atoms with Gasteiger partial charge in [-0.3, -0.25) is 0 Å². The molecular formula is C8H7BrClF3N2. The molecule has 1 atom stereocenters. The molecule has 0 fully saturated rings. The third-order valence-corrected chi connectivity index (χ3v) is 2.78. The number of nitrogens with two attached hydrogens (primary N) is 2. The van der Waals surface area contributed by atoms with Crippen LogP contribution < -0.4 is 11.5 Å². The van der Waals surface area contributed by atoms with E-state index in [0.29, 0.717) is 4.47 Å². The predicted molar refractivity (Wildman–Crippen MR) is 56.5 cm³/mol. The number of hydrogen-bond donors (Lipinski definition) is 2. The van der Waals surface area contributed by atoms with Gasteiger partial charge in [-0.2, -0.15) is 13.2 Å². The van der Waals surface area contributed by atoms with Gasteiger partial charge < -0.3 is 11.5 Å². The topological polar surface area (TPSA) is 52.0 Å². The van der Waals surface area contributed by atoms with Crippen LogP contribution >= 0.6 is 27.5 Å². The molecule has 0 amide bonds. The smallest absolute Gasteiger partial charge is 0.397 e. The van der Waals surface area contributed by atoms with E-state index in [1.807, 2.05) is 0 Å². The molecular weight excluding hydrogens is 296 g/mol. The predicted octanol–water partition coefficient (Wildman–Crippen LogP) is 3.25. The molecule has 0 heterocycles. The summed E-state index contributed by atoms with van der Waals surface area (Å²) < 4.78 is 37.1. The average molecular weight is 304 g/mol. The second-order valence-corrected chi connectivity index (χ2v) is 4.18. The monoisotopic (exact) mass is 302 g/mol. The van der Waals surface area contributed by atoms with Crippen LogP contribution in [0.5, 0.6) is 0 Å². The van der Waals surface area contributed by atoms with Gasteiger partial charge >= 0.3 is 6.18 Å². The number of alkyl halides is 3. The molecule has 84 valence electrons. The zero-order valence-electron chi connectivity index (χ0n) is 7.28. The highest BCUT2D eigenvalue weighted by molar-refractivity contribution is 9.10. The molecule has 0 radical (unpaired) electrons. The summed E-state index contributed by atoms with van der Waals surface area (Å²) in [7, 11) is 0. The van der Waals surface area contributed by atoms with Crippen LogP contribution in [0.3, 0.4) is 0 Å². The highest BCUT2D eigenvalue weighted by Crippen LogP contribution is 2.36. The van der Waals surface area contributed by atoms with E-state index in [0.717, 1.165) is 6.07 Å². The van der Waals surface area contributed by atoms with Crippen molar-refractivity contribution in [2.24, 2.45) is 5.73 Å². The highest BCUT2D eigenvalue weighted by atomic mass is 79.9. The molecule has 0 aliphatic carbocycles. The second-order valence-electron chi connectivity index (χ2n) is 2.92. The van der Waals surface area contributed by atoms with Crippen molar-refractivity contribution < 1.29 is 13.2 Å². The van der Waals surface area contributed by atoms with Crippen LogP contribution in [-0.4, -0.2) is 6.18 Å². The van der Waals surface area contributed by atoms with Crippen LogP contribution in [0, 0.1) is 0 Å². The molecule has 0 aliphatic heterocycles. The molecule has 0 spiro atoms. The van der Waals surface area contributed by atoms with Gasteiger partial charge in [-0.1, -0.05) is 11.6 Å². The zero-order valence-corrected chi connectivity index (χ0v) is 9.62. The van der Waals surface area contributed by atoms with Gasteiger partial charge in [0.05, 0.1) is 10.7 Å². The molecule has 2 nitrogen and oxygen atoms in total. The Labute approximate surface area is 97.5 Å². The van der Waals surface area contributed by atoms with E-state index >= 15 is 0 Å². The molecule has 0 aliphatic rings. The fraction of sp³-hybridized carbons (Fsp3) is 0.250. The normalized spacial score (nSPS) is 14.0. The van der Waals surface area contributed by atoms with Crippen molar-refractivity contribution in [2.75, 3.05) is 5.73 Å². The largest absolute Gasteiger partial charge is 0.407 e. The Hall–Kier alpha value is -0.460. The number of rotatable bonds is 1. The summed E-state index contributed by atoms with van der Waals surface area (Å²) in [6.45, 7) is 0. The molecule has 1 unspecified atom stereocenters. The lowest BCUT2D eigenvalue weighted by Crippen LogP contribution is -2.28. The van der Waals surface area contributed by atoms with Gasteiger partial charge in [0.25, 0.3) is 0 Å². The number of benzene rings is 1. The Morgan fingerprint density at radius 3 is 2.27 bits per heavy atom. The van der Waals surface area contributed by atoms with Gasteiger partial charge in [0.2, 0.25) is 0 Å². The van der Waals surface area contributed by atoms with E-state index in [2.05, 4.69) is 15.9 Å². The van der Waals surface area contributed by atoms with E-state index in [9.17, 15) is 13.2 Å². The lowest BCUT2D eigenvalue weighted by atomic mass is 10.1. The van der Waals surface area contributed by atoms with Crippen LogP contribution in [0.25, 0.3) is 0 Å². The van der Waals surface area contributed by atoms with Gasteiger partial charge in [0, 0.05) is 4.47 Å². The van der Waals surface area contributed by atoms with Crippen molar-refractivity contribution in [1.29, 1.82) is 0 Å². The number of anilines is 1. The Morgan fingerprint density at radius 2 is 1.87 bits per heavy atom. The fourth-order valence-corrected chi connectivity index (χ4v) is 1.79. The molecule has 0 aromatic heterocycles. The third kappa shape index (κ3) is 2.76. The van der Waals surface area contributed by atoms with Gasteiger partial charge in [0.15, 0.2) is 0 Å². The molecule has 1 aromatic rings. The zero-order chi connectivity index (χ0) is 11.8. The maximum Gasteiger partial charge on any atom is 0.407 e. The lowest BCUT2D eigenvalue weighted by Gasteiger charge is -2.17. The third-order valence-electron chi connectivity index (χ3n) is 1.81. The number of hydrogen-bond acceptors (Lipinski definition) is 2. The summed E-state index contributed by atoms with van der Waals surface area (Å²) in [5.74, 6) is 0. The van der Waals surface area contributed by atoms with E-state index in [1.54, 1.807) is 0 Å². The molecule has 1 aromatic carbocycles. The molecule has 4 N–H and O–H groups in total. The van der Waals surface area contributed by atoms with E-state index in [-0.39, 0.29) is 16.3 Å². The van der Waals surface area contributed by atoms with Crippen molar-refractivity contribution in [2.45, 2.75) is 12.2 Å². The number of nitrogen functional groups attached to an aromatic ring is 1. The molecule has 15 heavy (non-hydrogen) atoms. The minimum atomic E-state index is -4.50. The van der Waals surface area contributed by atoms with Crippen LogP contribution in [0.1, 0.15) is 11.6 Å². The Kier molecular flexibility index (Phi) is 3.52. The summed E-state index contributed by atoms with van der Waals surface area (Å²) in [6.07, 6.45) is -4.50. The maximum atomic E-state index is 12.3. The van der Waals surface area contributed by atoms with Crippen LogP contribution in [0.4, 0.5) is 18.9 Å². The van der Waals surface area contributed by atoms with Crippen LogP contribution in [0.15, 0.2) is 16.6 Å². The Morgan fingerprint density at radius 1 is 1.33 bits per heavy atom. The number of halogens is 5. The van der Waals surface area contributed by atoms with Crippen molar-refractivity contribution in [3.63, 3.8) is 0 Å². The first kappa shape index (κ1) is 12.6. The van der Waals surface area contributed by atoms with Crippen LogP contribution in [0.2, 0.25) is 5.02 Å². The first-order valence-corrected chi connectivity index (χ1v) is 4.97. The van der Waals surface area contributed by atoms with Crippen LogP contribution in [-0.2, 0) is 0 Å². The summed E-state index contributed by atoms with van der Waals surface area (Å²) in [5, 5.41) is 0.0408. The summed E-state index contributed by atoms with van der Waals surface area (Å²) in [4.78, 5) is 0. The van der Waals surface area contributed by atoms with Gasteiger partial charge in [-0.05, 0) is 33.6 Å². The highest BCUT2D eigenvalue weighted by Gasteiger charge is 2.38. The van der Waals surface area contributed by atoms with Crippen molar-refractivity contribution in [1.82, 2.24) is 0 Å².